The number of aromatic nitrogens is 1. The van der Waals surface area contributed by atoms with Gasteiger partial charge >= 0.3 is 0 Å². The molecule has 0 bridgehead atoms. The fourth-order valence-corrected chi connectivity index (χ4v) is 7.08. The SMILES string of the molecule is COc1ccc(CN(c2cccc(F)n2)S(=O)(=O)c2ccc(CN3CCCCC3c3ccccc3)c(Cl)c2)c(OC)c1. The summed E-state index contributed by atoms with van der Waals surface area (Å²) in [5.41, 5.74) is 2.65. The summed E-state index contributed by atoms with van der Waals surface area (Å²) in [4.78, 5) is 6.26. The van der Waals surface area contributed by atoms with Gasteiger partial charge < -0.3 is 9.47 Å². The predicted octanol–water partition coefficient (Wildman–Crippen LogP) is 7.01. The molecule has 5 rings (SSSR count). The van der Waals surface area contributed by atoms with E-state index < -0.39 is 16.0 Å². The number of piperidine rings is 1. The highest BCUT2D eigenvalue weighted by molar-refractivity contribution is 7.92. The number of hydrogen-bond donors (Lipinski definition) is 0. The van der Waals surface area contributed by atoms with Gasteiger partial charge in [0.05, 0.1) is 25.7 Å². The minimum atomic E-state index is -4.22. The van der Waals surface area contributed by atoms with Crippen LogP contribution in [0.2, 0.25) is 5.02 Å². The zero-order valence-electron chi connectivity index (χ0n) is 23.5. The van der Waals surface area contributed by atoms with Crippen molar-refractivity contribution in [1.29, 1.82) is 0 Å². The van der Waals surface area contributed by atoms with Crippen LogP contribution in [-0.2, 0) is 23.1 Å². The average Bonchev–Trinajstić information content (AvgIpc) is 3.01. The van der Waals surface area contributed by atoms with Gasteiger partial charge in [0, 0.05) is 29.2 Å². The zero-order valence-corrected chi connectivity index (χ0v) is 25.1. The molecule has 1 aliphatic rings. The van der Waals surface area contributed by atoms with Gasteiger partial charge in [0.15, 0.2) is 0 Å². The number of sulfonamides is 1. The molecule has 0 aliphatic carbocycles. The second kappa shape index (κ2) is 13.1. The maximum absolute atomic E-state index is 14.2. The molecule has 220 valence electrons. The molecule has 10 heteroatoms. The summed E-state index contributed by atoms with van der Waals surface area (Å²) < 4.78 is 54.2. The lowest BCUT2D eigenvalue weighted by atomic mass is 9.94. The quantitative estimate of drug-likeness (QED) is 0.180. The van der Waals surface area contributed by atoms with Crippen LogP contribution in [0.3, 0.4) is 0 Å². The van der Waals surface area contributed by atoms with Gasteiger partial charge in [-0.05, 0) is 66.9 Å². The highest BCUT2D eigenvalue weighted by Crippen LogP contribution is 2.35. The molecule has 1 atom stereocenters. The van der Waals surface area contributed by atoms with Crippen molar-refractivity contribution in [2.45, 2.75) is 43.3 Å². The summed E-state index contributed by atoms with van der Waals surface area (Å²) >= 11 is 6.75. The van der Waals surface area contributed by atoms with Crippen molar-refractivity contribution < 1.29 is 22.3 Å². The average molecular weight is 610 g/mol. The third-order valence-corrected chi connectivity index (χ3v) is 9.65. The molecule has 2 heterocycles. The molecule has 1 fully saturated rings. The van der Waals surface area contributed by atoms with Crippen molar-refractivity contribution >= 4 is 27.4 Å². The van der Waals surface area contributed by atoms with E-state index in [9.17, 15) is 12.8 Å². The monoisotopic (exact) mass is 609 g/mol. The third kappa shape index (κ3) is 6.53. The summed E-state index contributed by atoms with van der Waals surface area (Å²) in [5, 5.41) is 0.350. The number of likely N-dealkylation sites (tertiary alicyclic amines) is 1. The van der Waals surface area contributed by atoms with E-state index in [1.54, 1.807) is 30.3 Å². The minimum Gasteiger partial charge on any atom is -0.497 e. The lowest BCUT2D eigenvalue weighted by Crippen LogP contribution is -2.33. The Labute approximate surface area is 251 Å². The van der Waals surface area contributed by atoms with Gasteiger partial charge in [-0.2, -0.15) is 4.39 Å². The number of hydrogen-bond acceptors (Lipinski definition) is 6. The highest BCUT2D eigenvalue weighted by Gasteiger charge is 2.29. The second-order valence-electron chi connectivity index (χ2n) is 10.2. The number of benzene rings is 3. The van der Waals surface area contributed by atoms with Crippen LogP contribution in [0.25, 0.3) is 0 Å². The Kier molecular flexibility index (Phi) is 9.30. The van der Waals surface area contributed by atoms with Crippen LogP contribution in [0.15, 0.2) is 89.8 Å². The van der Waals surface area contributed by atoms with Gasteiger partial charge in [0.2, 0.25) is 5.95 Å². The van der Waals surface area contributed by atoms with E-state index in [0.29, 0.717) is 28.6 Å². The first-order chi connectivity index (χ1) is 20.3. The maximum Gasteiger partial charge on any atom is 0.265 e. The van der Waals surface area contributed by atoms with Crippen LogP contribution >= 0.6 is 11.6 Å². The molecule has 1 aliphatic heterocycles. The largest absolute Gasteiger partial charge is 0.497 e. The fourth-order valence-electron chi connectivity index (χ4n) is 5.36. The van der Waals surface area contributed by atoms with Crippen LogP contribution in [-0.4, -0.2) is 39.1 Å². The molecule has 0 amide bonds. The summed E-state index contributed by atoms with van der Waals surface area (Å²) in [6, 6.07) is 24.6. The molecule has 1 unspecified atom stereocenters. The fraction of sp³-hybridized carbons (Fsp3) is 0.281. The topological polar surface area (TPSA) is 72.0 Å². The molecule has 7 nitrogen and oxygen atoms in total. The lowest BCUT2D eigenvalue weighted by Gasteiger charge is -2.36. The summed E-state index contributed by atoms with van der Waals surface area (Å²) in [7, 11) is -1.20. The van der Waals surface area contributed by atoms with Gasteiger partial charge in [-0.3, -0.25) is 4.90 Å². The van der Waals surface area contributed by atoms with E-state index in [4.69, 9.17) is 21.1 Å². The molecule has 0 spiro atoms. The number of nitrogens with zero attached hydrogens (tertiary/aromatic N) is 3. The number of ether oxygens (including phenoxy) is 2. The highest BCUT2D eigenvalue weighted by atomic mass is 35.5. The molecule has 42 heavy (non-hydrogen) atoms. The standard InChI is InChI=1S/C32H33ClFN3O4S/c1-40-26-16-14-25(30(19-26)41-2)22-37(32-13-8-12-31(34)35-32)42(38,39)27-17-15-24(28(33)20-27)21-36-18-7-6-11-29(36)23-9-4-3-5-10-23/h3-5,8-10,12-17,19-20,29H,6-7,11,18,21-22H2,1-2H3. The molecule has 3 aromatic carbocycles. The van der Waals surface area contributed by atoms with Crippen LogP contribution in [0, 0.1) is 5.95 Å². The molecule has 0 radical (unpaired) electrons. The van der Waals surface area contributed by atoms with Gasteiger partial charge in [-0.25, -0.2) is 17.7 Å². The molecular formula is C32H33ClFN3O4S. The van der Waals surface area contributed by atoms with Gasteiger partial charge in [-0.15, -0.1) is 0 Å². The van der Waals surface area contributed by atoms with E-state index >= 15 is 0 Å². The van der Waals surface area contributed by atoms with Crippen LogP contribution < -0.4 is 13.8 Å². The van der Waals surface area contributed by atoms with Crippen LogP contribution in [0.5, 0.6) is 11.5 Å². The Bertz CT molecular complexity index is 1640. The Morgan fingerprint density at radius 3 is 2.45 bits per heavy atom. The van der Waals surface area contributed by atoms with Gasteiger partial charge in [0.1, 0.15) is 17.3 Å². The number of anilines is 1. The zero-order chi connectivity index (χ0) is 29.7. The first kappa shape index (κ1) is 29.8. The molecule has 0 N–H and O–H groups in total. The molecule has 0 saturated carbocycles. The van der Waals surface area contributed by atoms with Crippen molar-refractivity contribution in [2.24, 2.45) is 0 Å². The Morgan fingerprint density at radius 2 is 1.74 bits per heavy atom. The maximum atomic E-state index is 14.2. The van der Waals surface area contributed by atoms with E-state index in [2.05, 4.69) is 34.1 Å². The third-order valence-electron chi connectivity index (χ3n) is 7.55. The number of pyridine rings is 1. The minimum absolute atomic E-state index is 0.0203. The molecular weight excluding hydrogens is 577 g/mol. The first-order valence-electron chi connectivity index (χ1n) is 13.7. The van der Waals surface area contributed by atoms with Crippen molar-refractivity contribution in [3.05, 3.63) is 113 Å². The van der Waals surface area contributed by atoms with Crippen molar-refractivity contribution in [3.8, 4) is 11.5 Å². The number of methoxy groups -OCH3 is 2. The van der Waals surface area contributed by atoms with Gasteiger partial charge in [0.25, 0.3) is 10.0 Å². The van der Waals surface area contributed by atoms with Crippen molar-refractivity contribution in [1.82, 2.24) is 9.88 Å². The van der Waals surface area contributed by atoms with E-state index in [1.807, 2.05) is 6.07 Å². The Balaban J connectivity index is 1.46. The van der Waals surface area contributed by atoms with Crippen LogP contribution in [0.4, 0.5) is 10.2 Å². The first-order valence-corrected chi connectivity index (χ1v) is 15.6. The predicted molar refractivity (Wildman–Crippen MR) is 162 cm³/mol. The summed E-state index contributed by atoms with van der Waals surface area (Å²) in [6.07, 6.45) is 3.31. The van der Waals surface area contributed by atoms with Crippen LogP contribution in [0.1, 0.15) is 42.0 Å². The number of halogens is 2. The normalized spacial score (nSPS) is 15.8. The van der Waals surface area contributed by atoms with Crippen molar-refractivity contribution in [3.63, 3.8) is 0 Å². The Morgan fingerprint density at radius 1 is 0.952 bits per heavy atom. The van der Waals surface area contributed by atoms with E-state index in [0.717, 1.165) is 41.7 Å². The summed E-state index contributed by atoms with van der Waals surface area (Å²) in [6.45, 7) is 1.37. The van der Waals surface area contributed by atoms with E-state index in [-0.39, 0.29) is 23.3 Å². The summed E-state index contributed by atoms with van der Waals surface area (Å²) in [5.74, 6) is 0.123. The number of rotatable bonds is 10. The molecule has 4 aromatic rings. The molecule has 1 saturated heterocycles. The molecule has 1 aromatic heterocycles. The smallest absolute Gasteiger partial charge is 0.265 e. The van der Waals surface area contributed by atoms with E-state index in [1.165, 1.54) is 38.0 Å². The second-order valence-corrected chi connectivity index (χ2v) is 12.4. The lowest BCUT2D eigenvalue weighted by molar-refractivity contribution is 0.140. The Hall–Kier alpha value is -3.66. The van der Waals surface area contributed by atoms with Crippen molar-refractivity contribution in [2.75, 3.05) is 25.1 Å². The van der Waals surface area contributed by atoms with Gasteiger partial charge in [-0.1, -0.05) is 60.5 Å².